The molecule has 2 saturated carbocycles. The zero-order chi connectivity index (χ0) is 12.4. The highest BCUT2D eigenvalue weighted by molar-refractivity contribution is 6.16. The Labute approximate surface area is 106 Å². The van der Waals surface area contributed by atoms with Crippen LogP contribution in [0, 0.1) is 29.6 Å². The van der Waals surface area contributed by atoms with Crippen LogP contribution in [0.25, 0.3) is 0 Å². The molecule has 0 aromatic heterocycles. The SMILES string of the molecule is CC1CC2CC1C1C(=O)c3ccccc3C(=O)C21. The first-order valence-electron chi connectivity index (χ1n) is 6.86. The largest absolute Gasteiger partial charge is 0.294 e. The van der Waals surface area contributed by atoms with Crippen molar-refractivity contribution in [3.05, 3.63) is 35.4 Å². The van der Waals surface area contributed by atoms with Gasteiger partial charge in [-0.3, -0.25) is 9.59 Å². The van der Waals surface area contributed by atoms with Gasteiger partial charge >= 0.3 is 0 Å². The molecule has 2 fully saturated rings. The predicted octanol–water partition coefficient (Wildman–Crippen LogP) is 2.97. The maximum atomic E-state index is 12.6. The molecular formula is C16H16O2. The maximum absolute atomic E-state index is 12.6. The van der Waals surface area contributed by atoms with Gasteiger partial charge in [-0.05, 0) is 30.6 Å². The molecule has 2 heteroatoms. The van der Waals surface area contributed by atoms with Crippen molar-refractivity contribution in [2.24, 2.45) is 29.6 Å². The number of ketones is 2. The lowest BCUT2D eigenvalue weighted by Crippen LogP contribution is -2.42. The Hall–Kier alpha value is -1.44. The van der Waals surface area contributed by atoms with Gasteiger partial charge in [0.25, 0.3) is 0 Å². The number of hydrogen-bond acceptors (Lipinski definition) is 2. The van der Waals surface area contributed by atoms with Crippen molar-refractivity contribution in [2.75, 3.05) is 0 Å². The molecule has 0 heterocycles. The molecule has 92 valence electrons. The fourth-order valence-corrected chi connectivity index (χ4v) is 4.69. The zero-order valence-corrected chi connectivity index (χ0v) is 10.4. The Kier molecular flexibility index (Phi) is 1.93. The molecule has 5 unspecified atom stereocenters. The van der Waals surface area contributed by atoms with E-state index in [1.165, 1.54) is 0 Å². The molecule has 0 radical (unpaired) electrons. The first kappa shape index (κ1) is 10.5. The molecule has 3 aliphatic carbocycles. The lowest BCUT2D eigenvalue weighted by Gasteiger charge is -2.36. The van der Waals surface area contributed by atoms with E-state index in [-0.39, 0.29) is 23.4 Å². The van der Waals surface area contributed by atoms with E-state index in [2.05, 4.69) is 6.92 Å². The van der Waals surface area contributed by atoms with Gasteiger partial charge in [0.15, 0.2) is 11.6 Å². The third kappa shape index (κ3) is 1.09. The Morgan fingerprint density at radius 1 is 0.944 bits per heavy atom. The third-order valence-corrected chi connectivity index (χ3v) is 5.40. The normalized spacial score (nSPS) is 40.8. The summed E-state index contributed by atoms with van der Waals surface area (Å²) in [5, 5.41) is 0. The summed E-state index contributed by atoms with van der Waals surface area (Å²) in [6.45, 7) is 2.24. The summed E-state index contributed by atoms with van der Waals surface area (Å²) in [6, 6.07) is 7.37. The molecule has 0 aliphatic heterocycles. The molecule has 1 aromatic carbocycles. The van der Waals surface area contributed by atoms with E-state index in [1.807, 2.05) is 24.3 Å². The standard InChI is InChI=1S/C16H16O2/c1-8-6-9-7-12(8)14-13(9)15(17)10-4-2-3-5-11(10)16(14)18/h2-5,8-9,12-14H,6-7H2,1H3. The number of carbonyl (C=O) groups is 2. The average molecular weight is 240 g/mol. The third-order valence-electron chi connectivity index (χ3n) is 5.40. The van der Waals surface area contributed by atoms with Crippen molar-refractivity contribution in [3.8, 4) is 0 Å². The molecule has 18 heavy (non-hydrogen) atoms. The van der Waals surface area contributed by atoms with E-state index in [9.17, 15) is 9.59 Å². The first-order valence-corrected chi connectivity index (χ1v) is 6.86. The number of benzene rings is 1. The minimum Gasteiger partial charge on any atom is -0.294 e. The summed E-state index contributed by atoms with van der Waals surface area (Å²) in [4.78, 5) is 25.2. The van der Waals surface area contributed by atoms with E-state index in [0.29, 0.717) is 28.9 Å². The first-order chi connectivity index (χ1) is 8.68. The topological polar surface area (TPSA) is 34.1 Å². The molecule has 4 rings (SSSR count). The van der Waals surface area contributed by atoms with Gasteiger partial charge in [0.1, 0.15) is 0 Å². The van der Waals surface area contributed by atoms with Gasteiger partial charge in [-0.25, -0.2) is 0 Å². The molecule has 2 bridgehead atoms. The second-order valence-electron chi connectivity index (χ2n) is 6.20. The van der Waals surface area contributed by atoms with Crippen LogP contribution in [0.1, 0.15) is 40.5 Å². The van der Waals surface area contributed by atoms with Crippen LogP contribution in [-0.2, 0) is 0 Å². The fraction of sp³-hybridized carbons (Fsp3) is 0.500. The van der Waals surface area contributed by atoms with Crippen LogP contribution in [0.5, 0.6) is 0 Å². The molecule has 2 nitrogen and oxygen atoms in total. The van der Waals surface area contributed by atoms with Crippen LogP contribution in [0.2, 0.25) is 0 Å². The molecule has 0 N–H and O–H groups in total. The lowest BCUT2D eigenvalue weighted by molar-refractivity contribution is 0.0616. The highest BCUT2D eigenvalue weighted by Gasteiger charge is 2.58. The second kappa shape index (κ2) is 3.31. The van der Waals surface area contributed by atoms with Crippen molar-refractivity contribution in [3.63, 3.8) is 0 Å². The van der Waals surface area contributed by atoms with Crippen molar-refractivity contribution < 1.29 is 9.59 Å². The van der Waals surface area contributed by atoms with E-state index in [0.717, 1.165) is 12.8 Å². The van der Waals surface area contributed by atoms with Crippen LogP contribution in [-0.4, -0.2) is 11.6 Å². The zero-order valence-electron chi connectivity index (χ0n) is 10.4. The molecule has 0 amide bonds. The molecular weight excluding hydrogens is 224 g/mol. The van der Waals surface area contributed by atoms with Crippen LogP contribution >= 0.6 is 0 Å². The monoisotopic (exact) mass is 240 g/mol. The van der Waals surface area contributed by atoms with Crippen molar-refractivity contribution in [1.82, 2.24) is 0 Å². The van der Waals surface area contributed by atoms with Gasteiger partial charge in [0.05, 0.1) is 0 Å². The van der Waals surface area contributed by atoms with Gasteiger partial charge in [0.2, 0.25) is 0 Å². The van der Waals surface area contributed by atoms with Gasteiger partial charge in [-0.2, -0.15) is 0 Å². The quantitative estimate of drug-likeness (QED) is 0.698. The summed E-state index contributed by atoms with van der Waals surface area (Å²) in [5.74, 6) is 1.96. The van der Waals surface area contributed by atoms with Crippen LogP contribution in [0.3, 0.4) is 0 Å². The van der Waals surface area contributed by atoms with Gasteiger partial charge in [-0.15, -0.1) is 0 Å². The Balaban J connectivity index is 1.89. The van der Waals surface area contributed by atoms with Gasteiger partial charge in [-0.1, -0.05) is 31.2 Å². The predicted molar refractivity (Wildman–Crippen MR) is 67.5 cm³/mol. The van der Waals surface area contributed by atoms with E-state index >= 15 is 0 Å². The minimum absolute atomic E-state index is 0.00593. The maximum Gasteiger partial charge on any atom is 0.167 e. The molecule has 5 atom stereocenters. The highest BCUT2D eigenvalue weighted by Crippen LogP contribution is 2.58. The smallest absolute Gasteiger partial charge is 0.167 e. The highest BCUT2D eigenvalue weighted by atomic mass is 16.1. The fourth-order valence-electron chi connectivity index (χ4n) is 4.69. The van der Waals surface area contributed by atoms with E-state index < -0.39 is 0 Å². The number of Topliss-reactive ketones (excluding diaryl/α,β-unsaturated/α-hetero) is 2. The Morgan fingerprint density at radius 3 is 2.22 bits per heavy atom. The Bertz CT molecular complexity index is 560. The summed E-state index contributed by atoms with van der Waals surface area (Å²) < 4.78 is 0. The molecule has 3 aliphatic rings. The van der Waals surface area contributed by atoms with E-state index in [4.69, 9.17) is 0 Å². The lowest BCUT2D eigenvalue weighted by atomic mass is 9.65. The number of carbonyl (C=O) groups excluding carboxylic acids is 2. The number of rotatable bonds is 0. The van der Waals surface area contributed by atoms with Crippen LogP contribution in [0.4, 0.5) is 0 Å². The van der Waals surface area contributed by atoms with Crippen molar-refractivity contribution in [1.29, 1.82) is 0 Å². The molecule has 0 saturated heterocycles. The Morgan fingerprint density at radius 2 is 1.56 bits per heavy atom. The summed E-state index contributed by atoms with van der Waals surface area (Å²) in [5.41, 5.74) is 1.34. The summed E-state index contributed by atoms with van der Waals surface area (Å²) in [7, 11) is 0. The van der Waals surface area contributed by atoms with Crippen LogP contribution < -0.4 is 0 Å². The van der Waals surface area contributed by atoms with Crippen molar-refractivity contribution in [2.45, 2.75) is 19.8 Å². The van der Waals surface area contributed by atoms with E-state index in [1.54, 1.807) is 0 Å². The number of hydrogen-bond donors (Lipinski definition) is 0. The minimum atomic E-state index is -0.0128. The second-order valence-corrected chi connectivity index (χ2v) is 6.20. The molecule has 1 aromatic rings. The van der Waals surface area contributed by atoms with Gasteiger partial charge in [0, 0.05) is 23.0 Å². The summed E-state index contributed by atoms with van der Waals surface area (Å²) in [6.07, 6.45) is 2.22. The summed E-state index contributed by atoms with van der Waals surface area (Å²) >= 11 is 0. The van der Waals surface area contributed by atoms with Crippen LogP contribution in [0.15, 0.2) is 24.3 Å². The number of fused-ring (bicyclic) bond motifs is 6. The van der Waals surface area contributed by atoms with Gasteiger partial charge < -0.3 is 0 Å². The van der Waals surface area contributed by atoms with Crippen molar-refractivity contribution >= 4 is 11.6 Å². The average Bonchev–Trinajstić information content (AvgIpc) is 2.92. The molecule has 0 spiro atoms.